The second kappa shape index (κ2) is 14.7. The van der Waals surface area contributed by atoms with Gasteiger partial charge in [0.15, 0.2) is 6.10 Å². The molecule has 2 aliphatic heterocycles. The quantitative estimate of drug-likeness (QED) is 0.388. The number of nitrogens with zero attached hydrogens (tertiary/aromatic N) is 5. The van der Waals surface area contributed by atoms with Gasteiger partial charge in [-0.15, -0.1) is 0 Å². The Bertz CT molecular complexity index is 1540. The summed E-state index contributed by atoms with van der Waals surface area (Å²) < 4.78 is 5.61. The van der Waals surface area contributed by atoms with Crippen LogP contribution in [0.25, 0.3) is 0 Å². The lowest BCUT2D eigenvalue weighted by Gasteiger charge is -2.37. The van der Waals surface area contributed by atoms with Crippen LogP contribution in [0.5, 0.6) is 5.75 Å². The molecule has 216 valence electrons. The van der Waals surface area contributed by atoms with Crippen molar-refractivity contribution in [3.05, 3.63) is 70.5 Å². The summed E-state index contributed by atoms with van der Waals surface area (Å²) in [5.41, 5.74) is 4.92. The Balaban J connectivity index is 1.41. The van der Waals surface area contributed by atoms with Crippen LogP contribution in [0.4, 0.5) is 15.3 Å². The molecule has 1 saturated heterocycles. The second-order valence-corrected chi connectivity index (χ2v) is 9.93. The topological polar surface area (TPSA) is 136 Å². The molecule has 0 aromatic heterocycles. The zero-order valence-electron chi connectivity index (χ0n) is 22.9. The Kier molecular flexibility index (Phi) is 10.5. The maximum atomic E-state index is 13.1. The van der Waals surface area contributed by atoms with Gasteiger partial charge in [0, 0.05) is 50.7 Å². The number of rotatable bonds is 6. The number of phenolic OH excluding ortho intramolecular Hbond substituents is 1. The number of piperidine rings is 1. The molecule has 2 N–H and O–H groups in total. The molecular weight excluding hydrogens is 560 g/mol. The number of amides is 4. The zero-order chi connectivity index (χ0) is 29.9. The smallest absolute Gasteiger partial charge is 0.410 e. The highest BCUT2D eigenvalue weighted by Crippen LogP contribution is 2.26. The van der Waals surface area contributed by atoms with Crippen LogP contribution in [0.3, 0.4) is 0 Å². The molecule has 2 aromatic rings. The zero-order valence-corrected chi connectivity index (χ0v) is 23.7. The minimum atomic E-state index is -1.28. The molecule has 0 bridgehead atoms. The highest BCUT2D eigenvalue weighted by Gasteiger charge is 2.33. The number of carbonyl (C=O) groups excluding carboxylic acids is 3. The molecule has 1 atom stereocenters. The molecule has 4 amide bonds. The number of aromatic hydroxyl groups is 1. The number of nitrogens with one attached hydrogen (secondary N) is 1. The maximum absolute atomic E-state index is 13.1. The molecule has 11 nitrogen and oxygen atoms in total. The Hall–Kier alpha value is -4.87. The number of likely N-dealkylation sites (tertiary alicyclic amines) is 1. The summed E-state index contributed by atoms with van der Waals surface area (Å²) in [6.07, 6.45) is 1.05. The largest absolute Gasteiger partial charge is 0.506 e. The number of fused-ring (bicyclic) bond motifs is 1. The van der Waals surface area contributed by atoms with E-state index < -0.39 is 18.1 Å². The minimum Gasteiger partial charge on any atom is -0.506 e. The van der Waals surface area contributed by atoms with Crippen molar-refractivity contribution in [3.8, 4) is 5.75 Å². The lowest BCUT2D eigenvalue weighted by molar-refractivity contribution is -0.126. The average molecular weight is 589 g/mol. The number of aliphatic imine (C=N–C) groups is 3. The van der Waals surface area contributed by atoms with Crippen molar-refractivity contribution in [3.63, 3.8) is 0 Å². The Morgan fingerprint density at radius 1 is 1.17 bits per heavy atom. The fourth-order valence-corrected chi connectivity index (χ4v) is 4.90. The molecule has 0 aliphatic carbocycles. The number of phenols is 1. The van der Waals surface area contributed by atoms with Crippen LogP contribution in [0, 0.1) is 0 Å². The van der Waals surface area contributed by atoms with Gasteiger partial charge in [0.2, 0.25) is 0 Å². The lowest BCUT2D eigenvalue weighted by Crippen LogP contribution is -2.50. The molecule has 12 heteroatoms. The van der Waals surface area contributed by atoms with E-state index in [2.05, 4.69) is 43.6 Å². The van der Waals surface area contributed by atoms with Crippen LogP contribution < -0.4 is 5.32 Å². The van der Waals surface area contributed by atoms with Crippen LogP contribution in [0.1, 0.15) is 24.0 Å². The number of benzene rings is 2. The van der Waals surface area contributed by atoms with Crippen LogP contribution in [0.15, 0.2) is 69.4 Å². The molecule has 2 aliphatic rings. The van der Waals surface area contributed by atoms with E-state index in [1.807, 2.05) is 29.2 Å². The van der Waals surface area contributed by atoms with Crippen LogP contribution in [-0.4, -0.2) is 89.4 Å². The summed E-state index contributed by atoms with van der Waals surface area (Å²) in [5, 5.41) is 12.8. The SMILES string of the molecule is CN=C=C=NC=C=C=NC(=O)[C@@H](Cc1ccc(O)c(Cl)c1)OC(=O)N1CCC(N2CCc3ccccc3NC2=O)CC1. The predicted molar refractivity (Wildman–Crippen MR) is 159 cm³/mol. The summed E-state index contributed by atoms with van der Waals surface area (Å²) in [5.74, 6) is 6.20. The lowest BCUT2D eigenvalue weighted by atomic mass is 10.0. The number of hydrogen-bond acceptors (Lipinski definition) is 7. The molecule has 0 radical (unpaired) electrons. The first-order valence-electron chi connectivity index (χ1n) is 13.3. The average Bonchev–Trinajstić information content (AvgIpc) is 3.16. The van der Waals surface area contributed by atoms with Gasteiger partial charge < -0.3 is 25.0 Å². The van der Waals surface area contributed by atoms with Crippen LogP contribution in [0.2, 0.25) is 5.02 Å². The second-order valence-electron chi connectivity index (χ2n) is 9.52. The van der Waals surface area contributed by atoms with Gasteiger partial charge >= 0.3 is 12.1 Å². The van der Waals surface area contributed by atoms with Crippen molar-refractivity contribution in [2.45, 2.75) is 37.8 Å². The molecule has 2 heterocycles. The molecule has 4 rings (SSSR count). The van der Waals surface area contributed by atoms with Gasteiger partial charge in [-0.25, -0.2) is 14.6 Å². The highest BCUT2D eigenvalue weighted by molar-refractivity contribution is 6.32. The van der Waals surface area contributed by atoms with Crippen molar-refractivity contribution in [2.24, 2.45) is 15.0 Å². The highest BCUT2D eigenvalue weighted by atomic mass is 35.5. The number of hydrogen-bond donors (Lipinski definition) is 2. The van der Waals surface area contributed by atoms with Crippen molar-refractivity contribution in [2.75, 3.05) is 32.0 Å². The molecule has 0 unspecified atom stereocenters. The van der Waals surface area contributed by atoms with E-state index in [9.17, 15) is 19.5 Å². The number of ether oxygens (including phenoxy) is 1. The van der Waals surface area contributed by atoms with Crippen LogP contribution >= 0.6 is 11.6 Å². The molecule has 1 fully saturated rings. The van der Waals surface area contributed by atoms with Crippen molar-refractivity contribution >= 4 is 52.9 Å². The predicted octanol–water partition coefficient (Wildman–Crippen LogP) is 4.04. The van der Waals surface area contributed by atoms with E-state index in [1.165, 1.54) is 30.3 Å². The Morgan fingerprint density at radius 2 is 1.95 bits per heavy atom. The van der Waals surface area contributed by atoms with E-state index in [4.69, 9.17) is 16.3 Å². The standard InChI is InChI=1S/C30H29ClN6O5/c1-32-14-15-33-12-4-13-34-28(39)27(20-21-7-8-26(38)24(31)19-21)42-30(41)36-16-10-23(11-17-36)37-18-9-22-5-2-3-6-25(22)35-29(37)40/h2-3,5-8,12,19,23,27,38H,9-11,16-18,20H2,1H3,(H,35,40)/t27-/m1/s1. The van der Waals surface area contributed by atoms with E-state index >= 15 is 0 Å². The van der Waals surface area contributed by atoms with E-state index in [0.29, 0.717) is 38.0 Å². The third kappa shape index (κ3) is 8.09. The number of para-hydroxylation sites is 1. The van der Waals surface area contributed by atoms with Gasteiger partial charge in [-0.05, 0) is 54.3 Å². The summed E-state index contributed by atoms with van der Waals surface area (Å²) in [4.78, 5) is 53.2. The Labute approximate surface area is 247 Å². The minimum absolute atomic E-state index is 0.0295. The number of urea groups is 1. The maximum Gasteiger partial charge on any atom is 0.410 e. The summed E-state index contributed by atoms with van der Waals surface area (Å²) >= 11 is 6.02. The summed E-state index contributed by atoms with van der Waals surface area (Å²) in [7, 11) is 1.51. The van der Waals surface area contributed by atoms with Gasteiger partial charge in [0.05, 0.1) is 23.0 Å². The van der Waals surface area contributed by atoms with Gasteiger partial charge in [-0.1, -0.05) is 35.9 Å². The molecule has 0 saturated carbocycles. The van der Waals surface area contributed by atoms with Gasteiger partial charge in [0.25, 0.3) is 5.91 Å². The van der Waals surface area contributed by atoms with E-state index in [-0.39, 0.29) is 29.3 Å². The number of halogens is 1. The first-order chi connectivity index (χ1) is 20.4. The van der Waals surface area contributed by atoms with Gasteiger partial charge in [-0.3, -0.25) is 4.79 Å². The fraction of sp³-hybridized carbons (Fsp3) is 0.333. The summed E-state index contributed by atoms with van der Waals surface area (Å²) in [6, 6.07) is 12.0. The first kappa shape index (κ1) is 30.1. The van der Waals surface area contributed by atoms with Crippen molar-refractivity contribution in [1.82, 2.24) is 9.80 Å². The monoisotopic (exact) mass is 588 g/mol. The summed E-state index contributed by atoms with van der Waals surface area (Å²) in [6.45, 7) is 1.28. The molecule has 42 heavy (non-hydrogen) atoms. The Morgan fingerprint density at radius 3 is 2.71 bits per heavy atom. The van der Waals surface area contributed by atoms with Gasteiger partial charge in [0.1, 0.15) is 5.75 Å². The third-order valence-corrected chi connectivity index (χ3v) is 7.15. The molecule has 2 aromatic carbocycles. The number of anilines is 1. The van der Waals surface area contributed by atoms with E-state index in [1.54, 1.807) is 6.07 Å². The van der Waals surface area contributed by atoms with Crippen molar-refractivity contribution in [1.29, 1.82) is 0 Å². The first-order valence-corrected chi connectivity index (χ1v) is 13.7. The third-order valence-electron chi connectivity index (χ3n) is 6.84. The fourth-order valence-electron chi connectivity index (χ4n) is 4.70. The number of carbonyl (C=O) groups is 3. The molecular formula is C30H29ClN6O5. The van der Waals surface area contributed by atoms with E-state index in [0.717, 1.165) is 17.7 Å². The molecule has 0 spiro atoms. The van der Waals surface area contributed by atoms with Crippen LogP contribution in [-0.2, 0) is 22.4 Å². The normalized spacial score (nSPS) is 15.2. The van der Waals surface area contributed by atoms with Gasteiger partial charge in [-0.2, -0.15) is 9.98 Å². The van der Waals surface area contributed by atoms with Crippen molar-refractivity contribution < 1.29 is 24.2 Å².